The molecule has 0 amide bonds. The summed E-state index contributed by atoms with van der Waals surface area (Å²) in [6.07, 6.45) is -2.06. The van der Waals surface area contributed by atoms with E-state index in [4.69, 9.17) is 11.6 Å². The lowest BCUT2D eigenvalue weighted by Crippen LogP contribution is -2.14. The highest BCUT2D eigenvalue weighted by atomic mass is 35.5. The average molecular weight is 226 g/mol. The van der Waals surface area contributed by atoms with Crippen molar-refractivity contribution in [3.63, 3.8) is 0 Å². The van der Waals surface area contributed by atoms with Crippen molar-refractivity contribution in [2.24, 2.45) is 0 Å². The Morgan fingerprint density at radius 3 is 2.14 bits per heavy atom. The number of rotatable bonds is 3. The van der Waals surface area contributed by atoms with Gasteiger partial charge in [0.15, 0.2) is 0 Å². The van der Waals surface area contributed by atoms with E-state index in [1.807, 2.05) is 0 Å². The molecule has 1 nitrogen and oxygen atoms in total. The van der Waals surface area contributed by atoms with Crippen molar-refractivity contribution < 1.29 is 13.2 Å². The van der Waals surface area contributed by atoms with Crippen LogP contribution in [0.15, 0.2) is 35.0 Å². The summed E-state index contributed by atoms with van der Waals surface area (Å²) in [5.41, 5.74) is -0.610. The fourth-order valence-corrected chi connectivity index (χ4v) is 0.931. The molecule has 0 aliphatic heterocycles. The lowest BCUT2D eigenvalue weighted by atomic mass is 10.2. The zero-order valence-corrected chi connectivity index (χ0v) is 8.63. The van der Waals surface area contributed by atoms with Gasteiger partial charge in [-0.25, -0.2) is 0 Å². The van der Waals surface area contributed by atoms with E-state index in [0.717, 1.165) is 6.08 Å². The molecule has 0 aliphatic rings. The second-order valence-corrected chi connectivity index (χ2v) is 2.91. The summed E-state index contributed by atoms with van der Waals surface area (Å²) in [4.78, 5) is 0. The molecule has 0 bridgehead atoms. The maximum absolute atomic E-state index is 12.3. The number of hydrogen-bond donors (Lipinski definition) is 1. The summed E-state index contributed by atoms with van der Waals surface area (Å²) in [6.45, 7) is 4.68. The molecule has 0 spiro atoms. The van der Waals surface area contributed by atoms with Crippen LogP contribution in [-0.4, -0.2) is 13.2 Å². The summed E-state index contributed by atoms with van der Waals surface area (Å²) >= 11 is 5.25. The third-order valence-electron chi connectivity index (χ3n) is 1.50. The van der Waals surface area contributed by atoms with Gasteiger partial charge < -0.3 is 5.32 Å². The van der Waals surface area contributed by atoms with Crippen molar-refractivity contribution in [1.82, 2.24) is 5.32 Å². The van der Waals surface area contributed by atoms with Crippen molar-refractivity contribution in [2.75, 3.05) is 7.05 Å². The van der Waals surface area contributed by atoms with E-state index in [-0.39, 0.29) is 0 Å². The molecule has 0 rings (SSSR count). The van der Waals surface area contributed by atoms with Gasteiger partial charge in [-0.15, -0.1) is 0 Å². The van der Waals surface area contributed by atoms with Crippen LogP contribution in [0.25, 0.3) is 0 Å². The van der Waals surface area contributed by atoms with Crippen molar-refractivity contribution in [3.05, 3.63) is 35.0 Å². The van der Waals surface area contributed by atoms with E-state index >= 15 is 0 Å². The Kier molecular flexibility index (Phi) is 4.77. The van der Waals surface area contributed by atoms with Crippen LogP contribution in [0.3, 0.4) is 0 Å². The second kappa shape index (κ2) is 5.10. The molecule has 1 N–H and O–H groups in total. The van der Waals surface area contributed by atoms with Gasteiger partial charge >= 0.3 is 6.18 Å². The topological polar surface area (TPSA) is 12.0 Å². The Hall–Kier alpha value is -0.900. The van der Waals surface area contributed by atoms with Gasteiger partial charge in [0, 0.05) is 17.8 Å². The van der Waals surface area contributed by atoms with Gasteiger partial charge in [0.1, 0.15) is 0 Å². The van der Waals surface area contributed by atoms with Gasteiger partial charge in [0.25, 0.3) is 0 Å². The standard InChI is InChI=1S/C9H11ClF3N/c1-4-7(14-3)5-8(6(2)10)9(11,12)13/h4-5,14H,2H2,1,3H3/b7-4?,8-5+. The van der Waals surface area contributed by atoms with Crippen LogP contribution in [0.5, 0.6) is 0 Å². The van der Waals surface area contributed by atoms with Crippen LogP contribution in [0.2, 0.25) is 0 Å². The average Bonchev–Trinajstić information content (AvgIpc) is 2.03. The van der Waals surface area contributed by atoms with E-state index < -0.39 is 16.8 Å². The number of nitrogens with one attached hydrogen (secondary N) is 1. The maximum Gasteiger partial charge on any atom is 0.417 e. The molecule has 14 heavy (non-hydrogen) atoms. The maximum atomic E-state index is 12.3. The highest BCUT2D eigenvalue weighted by Gasteiger charge is 2.34. The van der Waals surface area contributed by atoms with Crippen LogP contribution < -0.4 is 5.32 Å². The third kappa shape index (κ3) is 3.87. The fourth-order valence-electron chi connectivity index (χ4n) is 0.769. The molecule has 0 saturated heterocycles. The molecular formula is C9H11ClF3N. The zero-order chi connectivity index (χ0) is 11.4. The van der Waals surface area contributed by atoms with Gasteiger partial charge in [-0.3, -0.25) is 0 Å². The highest BCUT2D eigenvalue weighted by molar-refractivity contribution is 6.31. The largest absolute Gasteiger partial charge is 0.417 e. The molecule has 0 heterocycles. The summed E-state index contributed by atoms with van der Waals surface area (Å²) < 4.78 is 37.0. The molecule has 0 aromatic carbocycles. The monoisotopic (exact) mass is 225 g/mol. The van der Waals surface area contributed by atoms with Crippen LogP contribution in [0, 0.1) is 0 Å². The number of likely N-dealkylation sites (N-methyl/N-ethyl adjacent to an activating group) is 1. The molecule has 0 atom stereocenters. The van der Waals surface area contributed by atoms with Crippen molar-refractivity contribution in [1.29, 1.82) is 0 Å². The van der Waals surface area contributed by atoms with Crippen LogP contribution in [0.4, 0.5) is 13.2 Å². The first-order chi connectivity index (χ1) is 6.32. The van der Waals surface area contributed by atoms with Gasteiger partial charge in [0.2, 0.25) is 0 Å². The van der Waals surface area contributed by atoms with Crippen LogP contribution in [-0.2, 0) is 0 Å². The smallest absolute Gasteiger partial charge is 0.388 e. The Labute approximate surface area is 85.9 Å². The molecule has 0 radical (unpaired) electrons. The lowest BCUT2D eigenvalue weighted by molar-refractivity contribution is -0.0886. The summed E-state index contributed by atoms with van der Waals surface area (Å²) in [5, 5.41) is 2.07. The number of allylic oxidation sites excluding steroid dienone is 4. The normalized spacial score (nSPS) is 14.1. The molecule has 0 aromatic rings. The molecule has 0 fully saturated rings. The highest BCUT2D eigenvalue weighted by Crippen LogP contribution is 2.32. The van der Waals surface area contributed by atoms with Crippen molar-refractivity contribution in [2.45, 2.75) is 13.1 Å². The quantitative estimate of drug-likeness (QED) is 0.727. The minimum absolute atomic E-state index is 0.333. The van der Waals surface area contributed by atoms with E-state index in [1.165, 1.54) is 13.1 Å². The van der Waals surface area contributed by atoms with E-state index in [0.29, 0.717) is 5.70 Å². The van der Waals surface area contributed by atoms with Crippen LogP contribution in [0.1, 0.15) is 6.92 Å². The lowest BCUT2D eigenvalue weighted by Gasteiger charge is -2.11. The summed E-state index contributed by atoms with van der Waals surface area (Å²) in [7, 11) is 1.52. The van der Waals surface area contributed by atoms with Gasteiger partial charge in [-0.1, -0.05) is 24.3 Å². The Morgan fingerprint density at radius 1 is 1.43 bits per heavy atom. The molecule has 0 aliphatic carbocycles. The molecule has 80 valence electrons. The van der Waals surface area contributed by atoms with Crippen LogP contribution >= 0.6 is 11.6 Å². The zero-order valence-electron chi connectivity index (χ0n) is 7.87. The van der Waals surface area contributed by atoms with Crippen molar-refractivity contribution >= 4 is 11.6 Å². The third-order valence-corrected chi connectivity index (χ3v) is 1.70. The fraction of sp³-hybridized carbons (Fsp3) is 0.333. The molecule has 5 heteroatoms. The first-order valence-electron chi connectivity index (χ1n) is 3.80. The molecule has 0 unspecified atom stereocenters. The first kappa shape index (κ1) is 13.1. The second-order valence-electron chi connectivity index (χ2n) is 2.45. The molecule has 0 aromatic heterocycles. The number of halogens is 4. The van der Waals surface area contributed by atoms with E-state index in [2.05, 4.69) is 11.9 Å². The van der Waals surface area contributed by atoms with Gasteiger partial charge in [-0.2, -0.15) is 13.2 Å². The van der Waals surface area contributed by atoms with E-state index in [9.17, 15) is 13.2 Å². The van der Waals surface area contributed by atoms with Gasteiger partial charge in [-0.05, 0) is 13.0 Å². The minimum atomic E-state index is -4.48. The Morgan fingerprint density at radius 2 is 1.93 bits per heavy atom. The number of hydrogen-bond acceptors (Lipinski definition) is 1. The predicted molar refractivity (Wildman–Crippen MR) is 51.9 cm³/mol. The Bertz CT molecular complexity index is 276. The van der Waals surface area contributed by atoms with Gasteiger partial charge in [0.05, 0.1) is 5.57 Å². The van der Waals surface area contributed by atoms with E-state index in [1.54, 1.807) is 6.92 Å². The SMILES string of the molecule is C=C(Cl)/C(=C\C(=CC)NC)C(F)(F)F. The summed E-state index contributed by atoms with van der Waals surface area (Å²) in [6, 6.07) is 0. The molecule has 0 saturated carbocycles. The number of alkyl halides is 3. The predicted octanol–water partition coefficient (Wildman–Crippen LogP) is 3.35. The minimum Gasteiger partial charge on any atom is -0.388 e. The molecular weight excluding hydrogens is 215 g/mol. The Balaban J connectivity index is 5.12. The summed E-state index contributed by atoms with van der Waals surface area (Å²) in [5.74, 6) is 0. The van der Waals surface area contributed by atoms with Crippen molar-refractivity contribution in [3.8, 4) is 0 Å². The first-order valence-corrected chi connectivity index (χ1v) is 4.18.